The SMILES string of the molecule is O=C1OC2CCCC[C@@H]2N1SCc1ccccc1. The summed E-state index contributed by atoms with van der Waals surface area (Å²) in [4.78, 5) is 11.8. The van der Waals surface area contributed by atoms with Gasteiger partial charge in [0.05, 0.1) is 6.04 Å². The van der Waals surface area contributed by atoms with Crippen LogP contribution in [0.25, 0.3) is 0 Å². The molecule has 0 spiro atoms. The van der Waals surface area contributed by atoms with E-state index in [2.05, 4.69) is 12.1 Å². The van der Waals surface area contributed by atoms with Crippen LogP contribution in [0.15, 0.2) is 30.3 Å². The van der Waals surface area contributed by atoms with Crippen molar-refractivity contribution in [2.75, 3.05) is 0 Å². The Morgan fingerprint density at radius 1 is 1.22 bits per heavy atom. The molecule has 0 aromatic heterocycles. The van der Waals surface area contributed by atoms with E-state index in [0.717, 1.165) is 18.6 Å². The molecule has 1 saturated heterocycles. The smallest absolute Gasteiger partial charge is 0.420 e. The summed E-state index contributed by atoms with van der Waals surface area (Å²) in [6.07, 6.45) is 4.49. The molecule has 1 saturated carbocycles. The van der Waals surface area contributed by atoms with Crippen molar-refractivity contribution in [1.82, 2.24) is 4.31 Å². The van der Waals surface area contributed by atoms with Crippen LogP contribution >= 0.6 is 11.9 Å². The van der Waals surface area contributed by atoms with E-state index in [4.69, 9.17) is 4.74 Å². The Kier molecular flexibility index (Phi) is 3.46. The molecule has 18 heavy (non-hydrogen) atoms. The van der Waals surface area contributed by atoms with Crippen LogP contribution < -0.4 is 0 Å². The fraction of sp³-hybridized carbons (Fsp3) is 0.500. The molecule has 3 rings (SSSR count). The zero-order valence-electron chi connectivity index (χ0n) is 10.2. The average molecular weight is 263 g/mol. The number of carbonyl (C=O) groups excluding carboxylic acids is 1. The van der Waals surface area contributed by atoms with Gasteiger partial charge in [0.1, 0.15) is 6.10 Å². The Balaban J connectivity index is 1.63. The van der Waals surface area contributed by atoms with Gasteiger partial charge in [-0.1, -0.05) is 36.8 Å². The van der Waals surface area contributed by atoms with Crippen LogP contribution in [0.4, 0.5) is 4.79 Å². The number of rotatable bonds is 3. The Labute approximate surface area is 112 Å². The molecule has 0 N–H and O–H groups in total. The average Bonchev–Trinajstić information content (AvgIpc) is 2.73. The molecular weight excluding hydrogens is 246 g/mol. The first-order valence-electron chi connectivity index (χ1n) is 6.51. The number of nitrogens with zero attached hydrogens (tertiary/aromatic N) is 1. The second kappa shape index (κ2) is 5.22. The third kappa shape index (κ3) is 2.34. The van der Waals surface area contributed by atoms with Gasteiger partial charge in [-0.2, -0.15) is 0 Å². The van der Waals surface area contributed by atoms with Crippen LogP contribution in [0.2, 0.25) is 0 Å². The molecule has 2 aliphatic rings. The summed E-state index contributed by atoms with van der Waals surface area (Å²) in [6.45, 7) is 0. The van der Waals surface area contributed by atoms with Crippen molar-refractivity contribution in [2.24, 2.45) is 0 Å². The molecule has 2 fully saturated rings. The van der Waals surface area contributed by atoms with Gasteiger partial charge in [-0.05, 0) is 36.8 Å². The van der Waals surface area contributed by atoms with E-state index in [-0.39, 0.29) is 12.2 Å². The highest BCUT2D eigenvalue weighted by atomic mass is 32.2. The second-order valence-electron chi connectivity index (χ2n) is 4.86. The van der Waals surface area contributed by atoms with Crippen molar-refractivity contribution in [3.63, 3.8) is 0 Å². The lowest BCUT2D eigenvalue weighted by Crippen LogP contribution is -2.34. The topological polar surface area (TPSA) is 29.5 Å². The lowest BCUT2D eigenvalue weighted by Gasteiger charge is -2.26. The summed E-state index contributed by atoms with van der Waals surface area (Å²) in [5.74, 6) is 0.832. The van der Waals surface area contributed by atoms with Crippen molar-refractivity contribution in [3.05, 3.63) is 35.9 Å². The maximum Gasteiger partial charge on any atom is 0.420 e. The van der Waals surface area contributed by atoms with Gasteiger partial charge in [-0.15, -0.1) is 0 Å². The maximum absolute atomic E-state index is 11.8. The number of amides is 1. The summed E-state index contributed by atoms with van der Waals surface area (Å²) in [5.41, 5.74) is 1.24. The summed E-state index contributed by atoms with van der Waals surface area (Å²) in [6, 6.07) is 10.5. The molecule has 0 radical (unpaired) electrons. The zero-order chi connectivity index (χ0) is 12.4. The van der Waals surface area contributed by atoms with Crippen molar-refractivity contribution < 1.29 is 9.53 Å². The summed E-state index contributed by atoms with van der Waals surface area (Å²) >= 11 is 1.59. The highest BCUT2D eigenvalue weighted by molar-refractivity contribution is 7.96. The number of benzene rings is 1. The fourth-order valence-electron chi connectivity index (χ4n) is 2.67. The molecule has 0 bridgehead atoms. The number of carbonyl (C=O) groups is 1. The molecular formula is C14H17NO2S. The minimum absolute atomic E-state index is 0.134. The minimum atomic E-state index is -0.146. The predicted octanol–water partition coefficient (Wildman–Crippen LogP) is 3.60. The van der Waals surface area contributed by atoms with Crippen LogP contribution in [-0.2, 0) is 10.5 Å². The van der Waals surface area contributed by atoms with Gasteiger partial charge >= 0.3 is 6.09 Å². The molecule has 4 heteroatoms. The van der Waals surface area contributed by atoms with Gasteiger partial charge in [0, 0.05) is 5.75 Å². The Morgan fingerprint density at radius 3 is 2.83 bits per heavy atom. The number of hydrogen-bond acceptors (Lipinski definition) is 3. The first-order chi connectivity index (χ1) is 8.84. The molecule has 1 unspecified atom stereocenters. The summed E-state index contributed by atoms with van der Waals surface area (Å²) in [5, 5.41) is 0. The highest BCUT2D eigenvalue weighted by Crippen LogP contribution is 2.36. The van der Waals surface area contributed by atoms with E-state index in [1.807, 2.05) is 22.5 Å². The Hall–Kier alpha value is -1.16. The second-order valence-corrected chi connectivity index (χ2v) is 5.80. The maximum atomic E-state index is 11.8. The molecule has 1 amide bonds. The van der Waals surface area contributed by atoms with Crippen molar-refractivity contribution in [1.29, 1.82) is 0 Å². The predicted molar refractivity (Wildman–Crippen MR) is 72.1 cm³/mol. The Bertz CT molecular complexity index is 423. The van der Waals surface area contributed by atoms with E-state index in [9.17, 15) is 4.79 Å². The van der Waals surface area contributed by atoms with E-state index < -0.39 is 0 Å². The van der Waals surface area contributed by atoms with E-state index in [0.29, 0.717) is 6.04 Å². The molecule has 2 atom stereocenters. The molecule has 1 aromatic rings. The van der Waals surface area contributed by atoms with E-state index in [1.54, 1.807) is 11.9 Å². The van der Waals surface area contributed by atoms with Crippen LogP contribution in [0.3, 0.4) is 0 Å². The standard InChI is InChI=1S/C14H17NO2S/c16-14-15(12-8-4-5-9-13(12)17-14)18-10-11-6-2-1-3-7-11/h1-3,6-7,12-13H,4-5,8-10H2/t12-,13?/m0/s1. The van der Waals surface area contributed by atoms with Crippen molar-refractivity contribution in [2.45, 2.75) is 43.6 Å². The molecule has 96 valence electrons. The van der Waals surface area contributed by atoms with Gasteiger partial charge < -0.3 is 4.74 Å². The molecule has 3 nitrogen and oxygen atoms in total. The van der Waals surface area contributed by atoms with Gasteiger partial charge in [0.15, 0.2) is 0 Å². The zero-order valence-corrected chi connectivity index (χ0v) is 11.1. The number of fused-ring (bicyclic) bond motifs is 1. The Morgan fingerprint density at radius 2 is 2.00 bits per heavy atom. The van der Waals surface area contributed by atoms with Crippen LogP contribution in [0, 0.1) is 0 Å². The van der Waals surface area contributed by atoms with Gasteiger partial charge in [0.25, 0.3) is 0 Å². The van der Waals surface area contributed by atoms with Crippen LogP contribution in [0.1, 0.15) is 31.2 Å². The number of hydrogen-bond donors (Lipinski definition) is 0. The first kappa shape index (κ1) is 11.9. The summed E-state index contributed by atoms with van der Waals surface area (Å²) < 4.78 is 7.29. The third-order valence-electron chi connectivity index (χ3n) is 3.61. The molecule has 1 aliphatic carbocycles. The molecule has 1 aliphatic heterocycles. The largest absolute Gasteiger partial charge is 0.443 e. The first-order valence-corrected chi connectivity index (χ1v) is 7.45. The molecule has 1 aromatic carbocycles. The highest BCUT2D eigenvalue weighted by Gasteiger charge is 2.43. The normalized spacial score (nSPS) is 26.9. The van der Waals surface area contributed by atoms with Gasteiger partial charge in [0.2, 0.25) is 0 Å². The van der Waals surface area contributed by atoms with Crippen molar-refractivity contribution >= 4 is 18.0 Å². The lowest BCUT2D eigenvalue weighted by molar-refractivity contribution is 0.113. The number of ether oxygens (including phenoxy) is 1. The van der Waals surface area contributed by atoms with E-state index >= 15 is 0 Å². The quantitative estimate of drug-likeness (QED) is 0.780. The minimum Gasteiger partial charge on any atom is -0.443 e. The monoisotopic (exact) mass is 263 g/mol. The van der Waals surface area contributed by atoms with Crippen molar-refractivity contribution in [3.8, 4) is 0 Å². The van der Waals surface area contributed by atoms with Crippen LogP contribution in [0.5, 0.6) is 0 Å². The third-order valence-corrected chi connectivity index (χ3v) is 4.77. The lowest BCUT2D eigenvalue weighted by atomic mass is 9.93. The fourth-order valence-corrected chi connectivity index (χ4v) is 3.73. The summed E-state index contributed by atoms with van der Waals surface area (Å²) in [7, 11) is 0. The molecule has 1 heterocycles. The van der Waals surface area contributed by atoms with Crippen LogP contribution in [-0.4, -0.2) is 22.5 Å². The van der Waals surface area contributed by atoms with E-state index in [1.165, 1.54) is 18.4 Å². The van der Waals surface area contributed by atoms with Gasteiger partial charge in [-0.25, -0.2) is 9.10 Å². The van der Waals surface area contributed by atoms with Gasteiger partial charge in [-0.3, -0.25) is 0 Å².